The van der Waals surface area contributed by atoms with Gasteiger partial charge in [-0.05, 0) is 23.1 Å². The lowest BCUT2D eigenvalue weighted by atomic mass is 10.2. The normalized spacial score (nSPS) is 21.7. The van der Waals surface area contributed by atoms with Gasteiger partial charge in [0.15, 0.2) is 0 Å². The SMILES string of the molecule is NC(=O)CC1=CSC(SCC(=O)NC[C@H]2CN(Cc3ccc(Cl)c(F)c3)CCO2)N1. The lowest BCUT2D eigenvalue weighted by Crippen LogP contribution is -2.47. The Hall–Kier alpha value is -1.46. The van der Waals surface area contributed by atoms with Crippen LogP contribution in [0.2, 0.25) is 5.02 Å². The van der Waals surface area contributed by atoms with Gasteiger partial charge < -0.3 is 21.1 Å². The maximum atomic E-state index is 13.6. The van der Waals surface area contributed by atoms with Crippen LogP contribution in [0, 0.1) is 5.82 Å². The molecule has 11 heteroatoms. The Labute approximate surface area is 188 Å². The van der Waals surface area contributed by atoms with Gasteiger partial charge in [-0.15, -0.1) is 11.8 Å². The summed E-state index contributed by atoms with van der Waals surface area (Å²) in [6.45, 7) is 2.97. The van der Waals surface area contributed by atoms with Crippen LogP contribution in [-0.4, -0.2) is 59.5 Å². The highest BCUT2D eigenvalue weighted by Gasteiger charge is 2.22. The molecule has 0 aromatic heterocycles. The molecule has 1 saturated heterocycles. The van der Waals surface area contributed by atoms with Crippen LogP contribution in [-0.2, 0) is 20.9 Å². The van der Waals surface area contributed by atoms with Crippen molar-refractivity contribution in [1.29, 1.82) is 0 Å². The third-order valence-electron chi connectivity index (χ3n) is 4.51. The van der Waals surface area contributed by atoms with Gasteiger partial charge in [0.1, 0.15) is 10.5 Å². The number of nitrogens with two attached hydrogens (primary N) is 1. The van der Waals surface area contributed by atoms with E-state index in [1.807, 2.05) is 11.5 Å². The van der Waals surface area contributed by atoms with Crippen molar-refractivity contribution in [2.45, 2.75) is 23.8 Å². The average molecular weight is 475 g/mol. The molecule has 4 N–H and O–H groups in total. The smallest absolute Gasteiger partial charge is 0.230 e. The monoisotopic (exact) mass is 474 g/mol. The Kier molecular flexibility index (Phi) is 8.70. The number of hydrogen-bond acceptors (Lipinski definition) is 7. The molecule has 1 aromatic rings. The summed E-state index contributed by atoms with van der Waals surface area (Å²) in [6.07, 6.45) is 0.0571. The third-order valence-corrected chi connectivity index (χ3v) is 7.19. The van der Waals surface area contributed by atoms with Gasteiger partial charge in [0.05, 0.1) is 29.9 Å². The maximum Gasteiger partial charge on any atom is 0.230 e. The molecule has 2 aliphatic rings. The lowest BCUT2D eigenvalue weighted by molar-refractivity contribution is -0.120. The zero-order chi connectivity index (χ0) is 21.5. The molecule has 2 aliphatic heterocycles. The van der Waals surface area contributed by atoms with Crippen molar-refractivity contribution in [2.24, 2.45) is 5.73 Å². The van der Waals surface area contributed by atoms with Crippen LogP contribution in [0.4, 0.5) is 4.39 Å². The summed E-state index contributed by atoms with van der Waals surface area (Å²) in [5, 5.41) is 8.04. The Bertz CT molecular complexity index is 814. The highest BCUT2D eigenvalue weighted by Crippen LogP contribution is 2.30. The fourth-order valence-corrected chi connectivity index (χ4v) is 5.20. The van der Waals surface area contributed by atoms with E-state index in [9.17, 15) is 14.0 Å². The summed E-state index contributed by atoms with van der Waals surface area (Å²) in [4.78, 5) is 25.3. The van der Waals surface area contributed by atoms with Gasteiger partial charge in [-0.3, -0.25) is 14.5 Å². The Morgan fingerprint density at radius 1 is 1.47 bits per heavy atom. The van der Waals surface area contributed by atoms with Crippen LogP contribution in [0.3, 0.4) is 0 Å². The number of morpholine rings is 1. The maximum absolute atomic E-state index is 13.6. The molecule has 1 unspecified atom stereocenters. The predicted octanol–water partition coefficient (Wildman–Crippen LogP) is 1.87. The standard InChI is InChI=1S/C19H24ClFN4O3S2/c20-15-2-1-12(5-16(15)21)8-25-3-4-28-14(9-25)7-23-18(27)11-30-19-24-13(10-29-19)6-17(22)26/h1-2,5,10,14,19,24H,3-4,6-9,11H2,(H2,22,26)(H,23,27)/t14-,19?/m0/s1. The van der Waals surface area contributed by atoms with Crippen molar-refractivity contribution in [2.75, 3.05) is 32.0 Å². The number of amides is 2. The van der Waals surface area contributed by atoms with Gasteiger partial charge in [-0.25, -0.2) is 4.39 Å². The van der Waals surface area contributed by atoms with Crippen molar-refractivity contribution < 1.29 is 18.7 Å². The summed E-state index contributed by atoms with van der Waals surface area (Å²) < 4.78 is 19.4. The molecule has 164 valence electrons. The zero-order valence-corrected chi connectivity index (χ0v) is 18.6. The first-order chi connectivity index (χ1) is 14.4. The molecule has 2 heterocycles. The molecule has 7 nitrogen and oxygen atoms in total. The van der Waals surface area contributed by atoms with E-state index in [0.29, 0.717) is 32.0 Å². The minimum atomic E-state index is -0.421. The van der Waals surface area contributed by atoms with Crippen LogP contribution in [0.15, 0.2) is 29.3 Å². The number of ether oxygens (including phenoxy) is 1. The number of hydrogen-bond donors (Lipinski definition) is 3. The number of carbonyl (C=O) groups excluding carboxylic acids is 2. The quantitative estimate of drug-likeness (QED) is 0.502. The second kappa shape index (κ2) is 11.2. The van der Waals surface area contributed by atoms with Gasteiger partial charge in [-0.1, -0.05) is 29.4 Å². The highest BCUT2D eigenvalue weighted by atomic mass is 35.5. The van der Waals surface area contributed by atoms with Crippen LogP contribution in [0.25, 0.3) is 0 Å². The topological polar surface area (TPSA) is 96.7 Å². The molecular formula is C19H24ClFN4O3S2. The molecule has 3 rings (SSSR count). The van der Waals surface area contributed by atoms with Crippen LogP contribution in [0.5, 0.6) is 0 Å². The number of primary amides is 1. The van der Waals surface area contributed by atoms with Gasteiger partial charge in [-0.2, -0.15) is 0 Å². The largest absolute Gasteiger partial charge is 0.374 e. The Morgan fingerprint density at radius 2 is 2.30 bits per heavy atom. The Morgan fingerprint density at radius 3 is 3.07 bits per heavy atom. The predicted molar refractivity (Wildman–Crippen MR) is 118 cm³/mol. The van der Waals surface area contributed by atoms with Crippen molar-refractivity contribution >= 4 is 46.9 Å². The minimum Gasteiger partial charge on any atom is -0.374 e. The summed E-state index contributed by atoms with van der Waals surface area (Å²) in [6, 6.07) is 4.82. The number of rotatable bonds is 9. The highest BCUT2D eigenvalue weighted by molar-refractivity contribution is 8.18. The van der Waals surface area contributed by atoms with Crippen molar-refractivity contribution in [3.05, 3.63) is 45.7 Å². The van der Waals surface area contributed by atoms with Gasteiger partial charge in [0.25, 0.3) is 0 Å². The number of halogens is 2. The van der Waals surface area contributed by atoms with E-state index in [1.165, 1.54) is 29.6 Å². The first-order valence-electron chi connectivity index (χ1n) is 9.44. The number of thioether (sulfide) groups is 2. The first-order valence-corrected chi connectivity index (χ1v) is 11.8. The zero-order valence-electron chi connectivity index (χ0n) is 16.2. The molecule has 2 atom stereocenters. The van der Waals surface area contributed by atoms with E-state index in [2.05, 4.69) is 15.5 Å². The first kappa shape index (κ1) is 23.2. The molecule has 0 bridgehead atoms. The Balaban J connectivity index is 1.34. The third kappa shape index (κ3) is 7.35. The molecule has 1 fully saturated rings. The minimum absolute atomic E-state index is 0.00806. The second-order valence-corrected chi connectivity index (χ2v) is 9.77. The fraction of sp³-hybridized carbons (Fsp3) is 0.474. The van der Waals surface area contributed by atoms with E-state index in [-0.39, 0.29) is 34.1 Å². The van der Waals surface area contributed by atoms with Crippen molar-refractivity contribution in [1.82, 2.24) is 15.5 Å². The molecule has 30 heavy (non-hydrogen) atoms. The lowest BCUT2D eigenvalue weighted by Gasteiger charge is -2.33. The van der Waals surface area contributed by atoms with Crippen LogP contribution in [0.1, 0.15) is 12.0 Å². The summed E-state index contributed by atoms with van der Waals surface area (Å²) in [7, 11) is 0. The van der Waals surface area contributed by atoms with Gasteiger partial charge in [0.2, 0.25) is 11.8 Å². The summed E-state index contributed by atoms with van der Waals surface area (Å²) in [5.74, 6) is -0.592. The van der Waals surface area contributed by atoms with E-state index in [1.54, 1.807) is 6.07 Å². The van der Waals surface area contributed by atoms with Gasteiger partial charge in [0, 0.05) is 31.9 Å². The molecule has 0 saturated carbocycles. The molecule has 1 aromatic carbocycles. The molecule has 2 amide bonds. The number of benzene rings is 1. The average Bonchev–Trinajstić information content (AvgIpc) is 3.14. The summed E-state index contributed by atoms with van der Waals surface area (Å²) in [5.41, 5.74) is 6.81. The van der Waals surface area contributed by atoms with Crippen molar-refractivity contribution in [3.63, 3.8) is 0 Å². The number of carbonyl (C=O) groups is 2. The summed E-state index contributed by atoms with van der Waals surface area (Å²) >= 11 is 8.71. The van der Waals surface area contributed by atoms with Crippen molar-refractivity contribution in [3.8, 4) is 0 Å². The van der Waals surface area contributed by atoms with E-state index >= 15 is 0 Å². The number of nitrogens with zero attached hydrogens (tertiary/aromatic N) is 1. The van der Waals surface area contributed by atoms with Crippen LogP contribution < -0.4 is 16.4 Å². The molecular weight excluding hydrogens is 451 g/mol. The van der Waals surface area contributed by atoms with Crippen LogP contribution >= 0.6 is 35.1 Å². The number of nitrogens with one attached hydrogen (secondary N) is 2. The molecule has 0 radical (unpaired) electrons. The molecule has 0 spiro atoms. The van der Waals surface area contributed by atoms with E-state index in [4.69, 9.17) is 22.1 Å². The van der Waals surface area contributed by atoms with E-state index in [0.717, 1.165) is 17.8 Å². The van der Waals surface area contributed by atoms with Gasteiger partial charge >= 0.3 is 0 Å². The van der Waals surface area contributed by atoms with E-state index < -0.39 is 5.82 Å². The molecule has 0 aliphatic carbocycles. The second-order valence-electron chi connectivity index (χ2n) is 6.99. The fourth-order valence-electron chi connectivity index (χ4n) is 3.10.